The van der Waals surface area contributed by atoms with Gasteiger partial charge in [-0.2, -0.15) is 0 Å². The highest BCUT2D eigenvalue weighted by Gasteiger charge is 2.21. The number of fused-ring (bicyclic) bond motifs is 3. The summed E-state index contributed by atoms with van der Waals surface area (Å²) in [5.41, 5.74) is 1.28. The summed E-state index contributed by atoms with van der Waals surface area (Å²) in [4.78, 5) is 18.1. The molecule has 0 saturated carbocycles. The summed E-state index contributed by atoms with van der Waals surface area (Å²) in [5, 5.41) is 0.850. The third kappa shape index (κ3) is 2.17. The van der Waals surface area contributed by atoms with Crippen LogP contribution in [0.1, 0.15) is 23.8 Å². The molecule has 0 amide bonds. The van der Waals surface area contributed by atoms with Gasteiger partial charge in [-0.15, -0.1) is 11.3 Å². The molecule has 1 aliphatic carbocycles. The normalized spacial score (nSPS) is 14.2. The van der Waals surface area contributed by atoms with Gasteiger partial charge in [0.25, 0.3) is 5.56 Å². The summed E-state index contributed by atoms with van der Waals surface area (Å²) in [6.07, 6.45) is 3.26. The molecule has 0 aromatic carbocycles. The number of aromatic nitrogens is 2. The molecule has 0 unspecified atom stereocenters. The number of nitrogens with zero attached hydrogens (tertiary/aromatic N) is 1. The fraction of sp³-hybridized carbons (Fsp3) is 0.538. The first-order valence-electron chi connectivity index (χ1n) is 6.57. The molecule has 1 N–H and O–H groups in total. The van der Waals surface area contributed by atoms with Crippen molar-refractivity contribution in [3.05, 3.63) is 25.6 Å². The lowest BCUT2D eigenvalue weighted by Crippen LogP contribution is -2.24. The van der Waals surface area contributed by atoms with Crippen LogP contribution in [0.3, 0.4) is 0 Å². The largest absolute Gasteiger partial charge is 0.380 e. The fourth-order valence-corrected chi connectivity index (χ4v) is 4.23. The molecule has 1 aliphatic rings. The van der Waals surface area contributed by atoms with Crippen molar-refractivity contribution in [1.29, 1.82) is 0 Å². The van der Waals surface area contributed by atoms with Crippen LogP contribution in [-0.4, -0.2) is 22.8 Å². The van der Waals surface area contributed by atoms with E-state index in [1.165, 1.54) is 10.4 Å². The Morgan fingerprint density at radius 2 is 2.32 bits per heavy atom. The minimum atomic E-state index is 0.0397. The Balaban J connectivity index is 2.13. The van der Waals surface area contributed by atoms with Crippen molar-refractivity contribution in [2.45, 2.75) is 32.7 Å². The molecule has 2 aromatic rings. The van der Waals surface area contributed by atoms with Gasteiger partial charge in [-0.25, -0.2) is 0 Å². The van der Waals surface area contributed by atoms with E-state index in [9.17, 15) is 4.79 Å². The topological polar surface area (TPSA) is 47.0 Å². The number of thiophene rings is 1. The molecule has 0 fully saturated rings. The predicted octanol–water partition coefficient (Wildman–Crippen LogP) is 2.65. The highest BCUT2D eigenvalue weighted by atomic mass is 32.1. The van der Waals surface area contributed by atoms with E-state index < -0.39 is 0 Å². The van der Waals surface area contributed by atoms with E-state index in [1.807, 2.05) is 6.92 Å². The van der Waals surface area contributed by atoms with E-state index in [1.54, 1.807) is 15.9 Å². The number of nitrogens with one attached hydrogen (secondary N) is 1. The van der Waals surface area contributed by atoms with Crippen molar-refractivity contribution >= 4 is 33.8 Å². The zero-order valence-corrected chi connectivity index (χ0v) is 12.5. The Labute approximate surface area is 120 Å². The SMILES string of the molecule is CCOCCn1c(=S)[nH]c2sc3c(c2c1=O)CCC3. The molecule has 2 heterocycles. The summed E-state index contributed by atoms with van der Waals surface area (Å²) in [6, 6.07) is 0. The van der Waals surface area contributed by atoms with Gasteiger partial charge in [0.2, 0.25) is 0 Å². The molecule has 4 nitrogen and oxygen atoms in total. The van der Waals surface area contributed by atoms with Crippen LogP contribution < -0.4 is 5.56 Å². The number of hydrogen-bond donors (Lipinski definition) is 1. The van der Waals surface area contributed by atoms with Crippen LogP contribution in [0.2, 0.25) is 0 Å². The lowest BCUT2D eigenvalue weighted by atomic mass is 10.2. The van der Waals surface area contributed by atoms with E-state index >= 15 is 0 Å². The van der Waals surface area contributed by atoms with Gasteiger partial charge in [0, 0.05) is 11.5 Å². The molecule has 0 aliphatic heterocycles. The highest BCUT2D eigenvalue weighted by molar-refractivity contribution is 7.71. The van der Waals surface area contributed by atoms with E-state index in [4.69, 9.17) is 17.0 Å². The molecule has 19 heavy (non-hydrogen) atoms. The summed E-state index contributed by atoms with van der Waals surface area (Å²) in [7, 11) is 0. The molecule has 3 rings (SSSR count). The molecule has 0 bridgehead atoms. The van der Waals surface area contributed by atoms with Gasteiger partial charge in [0.15, 0.2) is 4.77 Å². The van der Waals surface area contributed by atoms with Gasteiger partial charge in [-0.1, -0.05) is 0 Å². The Morgan fingerprint density at radius 1 is 1.47 bits per heavy atom. The summed E-state index contributed by atoms with van der Waals surface area (Å²) in [5.74, 6) is 0. The maximum Gasteiger partial charge on any atom is 0.263 e. The van der Waals surface area contributed by atoms with Crippen LogP contribution in [0.25, 0.3) is 10.2 Å². The second kappa shape index (κ2) is 5.19. The van der Waals surface area contributed by atoms with E-state index in [0.29, 0.717) is 24.5 Å². The summed E-state index contributed by atoms with van der Waals surface area (Å²) >= 11 is 6.97. The number of rotatable bonds is 4. The molecule has 2 aromatic heterocycles. The third-order valence-electron chi connectivity index (χ3n) is 3.51. The second-order valence-corrected chi connectivity index (χ2v) is 6.14. The average Bonchev–Trinajstić information content (AvgIpc) is 2.93. The average molecular weight is 296 g/mol. The number of H-pyrrole nitrogens is 1. The van der Waals surface area contributed by atoms with Crippen LogP contribution in [-0.2, 0) is 24.1 Å². The number of aromatic amines is 1. The standard InChI is InChI=1S/C13H16N2O2S2/c1-2-17-7-6-15-12(16)10-8-4-3-5-9(8)19-11(10)14-13(15)18/h2-7H2,1H3,(H,14,18). The van der Waals surface area contributed by atoms with Crippen molar-refractivity contribution in [1.82, 2.24) is 9.55 Å². The Bertz CT molecular complexity index is 727. The molecular weight excluding hydrogens is 280 g/mol. The van der Waals surface area contributed by atoms with Crippen molar-refractivity contribution < 1.29 is 4.74 Å². The smallest absolute Gasteiger partial charge is 0.263 e. The molecule has 0 spiro atoms. The number of ether oxygens (including phenoxy) is 1. The van der Waals surface area contributed by atoms with Gasteiger partial charge in [0.05, 0.1) is 18.5 Å². The number of hydrogen-bond acceptors (Lipinski definition) is 4. The molecule has 0 atom stereocenters. The summed E-state index contributed by atoms with van der Waals surface area (Å²) in [6.45, 7) is 3.63. The molecule has 0 saturated heterocycles. The number of aryl methyl sites for hydroxylation is 2. The Morgan fingerprint density at radius 3 is 3.11 bits per heavy atom. The van der Waals surface area contributed by atoms with Crippen LogP contribution in [0.5, 0.6) is 0 Å². The van der Waals surface area contributed by atoms with E-state index in [-0.39, 0.29) is 5.56 Å². The first-order chi connectivity index (χ1) is 9.22. The van der Waals surface area contributed by atoms with E-state index in [2.05, 4.69) is 4.98 Å². The van der Waals surface area contributed by atoms with Crippen LogP contribution >= 0.6 is 23.6 Å². The molecule has 102 valence electrons. The summed E-state index contributed by atoms with van der Waals surface area (Å²) < 4.78 is 7.44. The van der Waals surface area contributed by atoms with Crippen LogP contribution in [0.15, 0.2) is 4.79 Å². The maximum atomic E-state index is 12.6. The lowest BCUT2D eigenvalue weighted by Gasteiger charge is -2.06. The first kappa shape index (κ1) is 13.0. The first-order valence-corrected chi connectivity index (χ1v) is 7.80. The quantitative estimate of drug-likeness (QED) is 0.697. The minimum Gasteiger partial charge on any atom is -0.380 e. The molecule has 6 heteroatoms. The predicted molar refractivity (Wildman–Crippen MR) is 79.8 cm³/mol. The van der Waals surface area contributed by atoms with Gasteiger partial charge < -0.3 is 9.72 Å². The Kier molecular flexibility index (Phi) is 3.56. The van der Waals surface area contributed by atoms with Crippen LogP contribution in [0, 0.1) is 4.77 Å². The zero-order valence-electron chi connectivity index (χ0n) is 10.8. The Hall–Kier alpha value is -0.980. The monoisotopic (exact) mass is 296 g/mol. The fourth-order valence-electron chi connectivity index (χ4n) is 2.61. The van der Waals surface area contributed by atoms with Crippen molar-refractivity contribution in [3.8, 4) is 0 Å². The van der Waals surface area contributed by atoms with Crippen molar-refractivity contribution in [2.75, 3.05) is 13.2 Å². The van der Waals surface area contributed by atoms with Crippen molar-refractivity contribution in [2.24, 2.45) is 0 Å². The molecule has 0 radical (unpaired) electrons. The molecular formula is C13H16N2O2S2. The maximum absolute atomic E-state index is 12.6. The lowest BCUT2D eigenvalue weighted by molar-refractivity contribution is 0.138. The van der Waals surface area contributed by atoms with Gasteiger partial charge in [-0.3, -0.25) is 9.36 Å². The van der Waals surface area contributed by atoms with Gasteiger partial charge >= 0.3 is 0 Å². The highest BCUT2D eigenvalue weighted by Crippen LogP contribution is 2.34. The third-order valence-corrected chi connectivity index (χ3v) is 5.04. The second-order valence-electron chi connectivity index (χ2n) is 4.65. The van der Waals surface area contributed by atoms with E-state index in [0.717, 1.165) is 29.5 Å². The van der Waals surface area contributed by atoms with Crippen LogP contribution in [0.4, 0.5) is 0 Å². The van der Waals surface area contributed by atoms with Crippen molar-refractivity contribution in [3.63, 3.8) is 0 Å². The van der Waals surface area contributed by atoms with Gasteiger partial charge in [-0.05, 0) is 44.0 Å². The van der Waals surface area contributed by atoms with Gasteiger partial charge in [0.1, 0.15) is 4.83 Å². The zero-order chi connectivity index (χ0) is 13.4. The minimum absolute atomic E-state index is 0.0397.